The van der Waals surface area contributed by atoms with Crippen molar-refractivity contribution < 1.29 is 4.79 Å². The van der Waals surface area contributed by atoms with Crippen LogP contribution in [0.1, 0.15) is 31.6 Å². The molecule has 2 rings (SSSR count). The van der Waals surface area contributed by atoms with Gasteiger partial charge in [-0.2, -0.15) is 5.10 Å². The molecule has 5 nitrogen and oxygen atoms in total. The summed E-state index contributed by atoms with van der Waals surface area (Å²) in [7, 11) is 0. The third-order valence-electron chi connectivity index (χ3n) is 2.41. The second kappa shape index (κ2) is 3.16. The monoisotopic (exact) mass is 180 g/mol. The molecule has 0 aromatic carbocycles. The Kier molecular flexibility index (Phi) is 2.00. The fourth-order valence-electron chi connectivity index (χ4n) is 1.64. The summed E-state index contributed by atoms with van der Waals surface area (Å²) in [6.45, 7) is 2.80. The molecule has 0 saturated carbocycles. The molecule has 1 aliphatic heterocycles. The van der Waals surface area contributed by atoms with Crippen LogP contribution in [0, 0.1) is 0 Å². The highest BCUT2D eigenvalue weighted by molar-refractivity contribution is 5.78. The maximum Gasteiger partial charge on any atom is 0.223 e. The Morgan fingerprint density at radius 1 is 1.69 bits per heavy atom. The Morgan fingerprint density at radius 3 is 3.08 bits per heavy atom. The van der Waals surface area contributed by atoms with Gasteiger partial charge in [0.05, 0.1) is 6.04 Å². The normalized spacial score (nSPS) is 19.5. The molecular formula is C8H12N4O. The summed E-state index contributed by atoms with van der Waals surface area (Å²) < 4.78 is 0. The first-order valence-electron chi connectivity index (χ1n) is 4.44. The molecule has 1 N–H and O–H groups in total. The summed E-state index contributed by atoms with van der Waals surface area (Å²) in [5.74, 6) is 0.971. The summed E-state index contributed by atoms with van der Waals surface area (Å²) in [5.41, 5.74) is 0. The third-order valence-corrected chi connectivity index (χ3v) is 2.41. The number of hydrogen-bond donors (Lipinski definition) is 1. The van der Waals surface area contributed by atoms with Gasteiger partial charge in [0.25, 0.3) is 0 Å². The first kappa shape index (κ1) is 8.22. The predicted molar refractivity (Wildman–Crippen MR) is 45.7 cm³/mol. The minimum atomic E-state index is 0.0255. The molecule has 1 saturated heterocycles. The molecule has 0 bridgehead atoms. The van der Waals surface area contributed by atoms with Gasteiger partial charge in [-0.3, -0.25) is 9.89 Å². The summed E-state index contributed by atoms with van der Waals surface area (Å²) in [6, 6.07) is 0.0255. The SMILES string of the molecule is CC(c1ncn[nH]1)N1CCCC1=O. The van der Waals surface area contributed by atoms with Crippen LogP contribution in [0.15, 0.2) is 6.33 Å². The summed E-state index contributed by atoms with van der Waals surface area (Å²) in [6.07, 6.45) is 3.09. The van der Waals surface area contributed by atoms with Crippen molar-refractivity contribution in [3.8, 4) is 0 Å². The van der Waals surface area contributed by atoms with Crippen molar-refractivity contribution in [3.63, 3.8) is 0 Å². The van der Waals surface area contributed by atoms with Crippen molar-refractivity contribution in [2.45, 2.75) is 25.8 Å². The Morgan fingerprint density at radius 2 is 2.54 bits per heavy atom. The van der Waals surface area contributed by atoms with Crippen molar-refractivity contribution in [1.82, 2.24) is 20.1 Å². The number of amides is 1. The molecule has 1 atom stereocenters. The van der Waals surface area contributed by atoms with Gasteiger partial charge in [-0.05, 0) is 13.3 Å². The highest BCUT2D eigenvalue weighted by Gasteiger charge is 2.27. The van der Waals surface area contributed by atoms with Crippen LogP contribution in [0.3, 0.4) is 0 Å². The fourth-order valence-corrected chi connectivity index (χ4v) is 1.64. The van der Waals surface area contributed by atoms with Gasteiger partial charge in [0.1, 0.15) is 12.2 Å². The molecule has 13 heavy (non-hydrogen) atoms. The van der Waals surface area contributed by atoms with Crippen molar-refractivity contribution in [3.05, 3.63) is 12.2 Å². The van der Waals surface area contributed by atoms with Gasteiger partial charge in [-0.15, -0.1) is 0 Å². The number of aromatic amines is 1. The van der Waals surface area contributed by atoms with Crippen molar-refractivity contribution in [2.24, 2.45) is 0 Å². The second-order valence-corrected chi connectivity index (χ2v) is 3.24. The standard InChI is InChI=1S/C8H12N4O/c1-6(8-9-5-10-11-8)12-4-2-3-7(12)13/h5-6H,2-4H2,1H3,(H,9,10,11). The lowest BCUT2D eigenvalue weighted by molar-refractivity contribution is -0.129. The van der Waals surface area contributed by atoms with E-state index in [0.29, 0.717) is 6.42 Å². The maximum absolute atomic E-state index is 11.4. The number of nitrogens with zero attached hydrogens (tertiary/aromatic N) is 3. The van der Waals surface area contributed by atoms with Crippen LogP contribution in [-0.2, 0) is 4.79 Å². The Labute approximate surface area is 76.2 Å². The summed E-state index contributed by atoms with van der Waals surface area (Å²) in [4.78, 5) is 17.2. The number of aromatic nitrogens is 3. The number of likely N-dealkylation sites (tertiary alicyclic amines) is 1. The molecule has 1 unspecified atom stereocenters. The van der Waals surface area contributed by atoms with Crippen LogP contribution in [0.2, 0.25) is 0 Å². The number of carbonyl (C=O) groups is 1. The van der Waals surface area contributed by atoms with Gasteiger partial charge in [0.15, 0.2) is 0 Å². The third kappa shape index (κ3) is 1.41. The van der Waals surface area contributed by atoms with Crippen LogP contribution in [-0.4, -0.2) is 32.5 Å². The van der Waals surface area contributed by atoms with Crippen LogP contribution in [0.5, 0.6) is 0 Å². The zero-order chi connectivity index (χ0) is 9.26. The quantitative estimate of drug-likeness (QED) is 0.720. The van der Waals surface area contributed by atoms with Crippen LogP contribution in [0.25, 0.3) is 0 Å². The van der Waals surface area contributed by atoms with Gasteiger partial charge in [0.2, 0.25) is 5.91 Å². The van der Waals surface area contributed by atoms with Crippen LogP contribution in [0.4, 0.5) is 0 Å². The lowest BCUT2D eigenvalue weighted by Gasteiger charge is -2.21. The van der Waals surface area contributed by atoms with Crippen molar-refractivity contribution >= 4 is 5.91 Å². The number of carbonyl (C=O) groups excluding carboxylic acids is 1. The molecule has 1 fully saturated rings. The fraction of sp³-hybridized carbons (Fsp3) is 0.625. The van der Waals surface area contributed by atoms with E-state index in [1.165, 1.54) is 6.33 Å². The average Bonchev–Trinajstić information content (AvgIpc) is 2.72. The van der Waals surface area contributed by atoms with Gasteiger partial charge >= 0.3 is 0 Å². The minimum absolute atomic E-state index is 0.0255. The lowest BCUT2D eigenvalue weighted by atomic mass is 10.3. The Bertz CT molecular complexity index is 295. The Hall–Kier alpha value is -1.39. The molecule has 1 aliphatic rings. The van der Waals surface area contributed by atoms with E-state index in [1.54, 1.807) is 0 Å². The zero-order valence-corrected chi connectivity index (χ0v) is 7.53. The smallest absolute Gasteiger partial charge is 0.223 e. The van der Waals surface area contributed by atoms with E-state index in [4.69, 9.17) is 0 Å². The van der Waals surface area contributed by atoms with Gasteiger partial charge in [-0.25, -0.2) is 4.98 Å². The van der Waals surface area contributed by atoms with E-state index in [0.717, 1.165) is 18.8 Å². The van der Waals surface area contributed by atoms with Crippen molar-refractivity contribution in [2.75, 3.05) is 6.54 Å². The molecule has 70 valence electrons. The van der Waals surface area contributed by atoms with Gasteiger partial charge < -0.3 is 4.90 Å². The number of H-pyrrole nitrogens is 1. The zero-order valence-electron chi connectivity index (χ0n) is 7.53. The first-order valence-corrected chi connectivity index (χ1v) is 4.44. The van der Waals surface area contributed by atoms with E-state index in [9.17, 15) is 4.79 Å². The first-order chi connectivity index (χ1) is 6.29. The van der Waals surface area contributed by atoms with Gasteiger partial charge in [-0.1, -0.05) is 0 Å². The van der Waals surface area contributed by atoms with E-state index in [-0.39, 0.29) is 11.9 Å². The van der Waals surface area contributed by atoms with E-state index in [2.05, 4.69) is 15.2 Å². The molecule has 0 radical (unpaired) electrons. The van der Waals surface area contributed by atoms with Crippen molar-refractivity contribution in [1.29, 1.82) is 0 Å². The molecule has 2 heterocycles. The number of rotatable bonds is 2. The molecular weight excluding hydrogens is 168 g/mol. The highest BCUT2D eigenvalue weighted by Crippen LogP contribution is 2.22. The average molecular weight is 180 g/mol. The topological polar surface area (TPSA) is 61.9 Å². The number of nitrogens with one attached hydrogen (secondary N) is 1. The lowest BCUT2D eigenvalue weighted by Crippen LogP contribution is -2.28. The maximum atomic E-state index is 11.4. The predicted octanol–water partition coefficient (Wildman–Crippen LogP) is 0.488. The highest BCUT2D eigenvalue weighted by atomic mass is 16.2. The summed E-state index contributed by atoms with van der Waals surface area (Å²) in [5, 5.41) is 6.54. The Balaban J connectivity index is 2.13. The molecule has 0 aliphatic carbocycles. The minimum Gasteiger partial charge on any atom is -0.333 e. The van der Waals surface area contributed by atoms with E-state index < -0.39 is 0 Å². The molecule has 1 aromatic heterocycles. The largest absolute Gasteiger partial charge is 0.333 e. The molecule has 0 spiro atoms. The van der Waals surface area contributed by atoms with Crippen LogP contribution >= 0.6 is 0 Å². The number of hydrogen-bond acceptors (Lipinski definition) is 3. The molecule has 5 heteroatoms. The molecule has 1 aromatic rings. The summed E-state index contributed by atoms with van der Waals surface area (Å²) >= 11 is 0. The molecule has 1 amide bonds. The second-order valence-electron chi connectivity index (χ2n) is 3.24. The van der Waals surface area contributed by atoms with Gasteiger partial charge in [0, 0.05) is 13.0 Å². The van der Waals surface area contributed by atoms with E-state index in [1.807, 2.05) is 11.8 Å². The van der Waals surface area contributed by atoms with E-state index >= 15 is 0 Å². The van der Waals surface area contributed by atoms with Crippen LogP contribution < -0.4 is 0 Å².